The Kier molecular flexibility index (Phi) is 4.46. The van der Waals surface area contributed by atoms with Gasteiger partial charge in [-0.1, -0.05) is 30.0 Å². The number of para-hydroxylation sites is 1. The Bertz CT molecular complexity index is 772. The van der Waals surface area contributed by atoms with E-state index in [9.17, 15) is 13.2 Å². The zero-order valence-electron chi connectivity index (χ0n) is 12.8. The molecule has 0 spiro atoms. The van der Waals surface area contributed by atoms with Crippen LogP contribution in [0.1, 0.15) is 11.1 Å². The highest BCUT2D eigenvalue weighted by Gasteiger charge is 2.49. The molecule has 2 atom stereocenters. The molecule has 23 heavy (non-hydrogen) atoms. The van der Waals surface area contributed by atoms with Crippen molar-refractivity contribution in [2.24, 2.45) is 4.99 Å². The zero-order valence-corrected chi connectivity index (χ0v) is 15.2. The van der Waals surface area contributed by atoms with Gasteiger partial charge in [-0.2, -0.15) is 4.99 Å². The summed E-state index contributed by atoms with van der Waals surface area (Å²) in [7, 11) is -3.06. The molecule has 0 unspecified atom stereocenters. The van der Waals surface area contributed by atoms with Crippen molar-refractivity contribution in [1.29, 1.82) is 0 Å². The van der Waals surface area contributed by atoms with Crippen molar-refractivity contribution in [3.63, 3.8) is 0 Å². The second kappa shape index (κ2) is 6.11. The van der Waals surface area contributed by atoms with Crippen LogP contribution in [0, 0.1) is 13.8 Å². The molecule has 2 saturated heterocycles. The molecule has 0 aliphatic carbocycles. The number of sulfone groups is 1. The third-order valence-electron chi connectivity index (χ3n) is 4.08. The van der Waals surface area contributed by atoms with Crippen LogP contribution in [0.4, 0.5) is 5.69 Å². The van der Waals surface area contributed by atoms with Crippen LogP contribution in [0.2, 0.25) is 0 Å². The number of nitrogens with zero attached hydrogens (tertiary/aromatic N) is 2. The average Bonchev–Trinajstić information content (AvgIpc) is 2.91. The fourth-order valence-corrected chi connectivity index (χ4v) is 7.13. The van der Waals surface area contributed by atoms with Crippen LogP contribution >= 0.6 is 23.4 Å². The number of hydrogen-bond acceptors (Lipinski definition) is 4. The van der Waals surface area contributed by atoms with Gasteiger partial charge >= 0.3 is 0 Å². The lowest BCUT2D eigenvalue weighted by molar-refractivity contribution is -0.115. The fraction of sp³-hybridized carbons (Fsp3) is 0.467. The van der Waals surface area contributed by atoms with Crippen LogP contribution < -0.4 is 4.90 Å². The Labute approximate surface area is 145 Å². The summed E-state index contributed by atoms with van der Waals surface area (Å²) in [6.07, 6.45) is 0. The Balaban J connectivity index is 2.11. The first-order valence-electron chi connectivity index (χ1n) is 7.22. The summed E-state index contributed by atoms with van der Waals surface area (Å²) in [5.41, 5.74) is 2.99. The Morgan fingerprint density at radius 1 is 1.35 bits per heavy atom. The second-order valence-electron chi connectivity index (χ2n) is 5.83. The maximum atomic E-state index is 12.0. The molecule has 0 aromatic heterocycles. The SMILES string of the molecule is Cc1cccc(C)c1N1C(=NC(=O)CCl)S[C@H]2CS(=O)(=O)C[C@H]21. The van der Waals surface area contributed by atoms with Crippen LogP contribution in [0.25, 0.3) is 0 Å². The molecule has 124 valence electrons. The number of fused-ring (bicyclic) bond motifs is 1. The van der Waals surface area contributed by atoms with E-state index in [0.717, 1.165) is 16.8 Å². The quantitative estimate of drug-likeness (QED) is 0.744. The van der Waals surface area contributed by atoms with E-state index in [2.05, 4.69) is 4.99 Å². The summed E-state index contributed by atoms with van der Waals surface area (Å²) in [4.78, 5) is 17.7. The van der Waals surface area contributed by atoms with E-state index in [1.165, 1.54) is 11.8 Å². The lowest BCUT2D eigenvalue weighted by atomic mass is 10.1. The molecule has 0 N–H and O–H groups in total. The molecule has 0 bridgehead atoms. The molecule has 1 aromatic carbocycles. The molecular formula is C15H17ClN2O3S2. The van der Waals surface area contributed by atoms with Gasteiger partial charge < -0.3 is 4.90 Å². The standard InChI is InChI=1S/C15H17ClN2O3S2/c1-9-4-3-5-10(2)14(9)18-11-7-23(20,21)8-12(11)22-15(18)17-13(19)6-16/h3-5,11-12H,6-8H2,1-2H3/t11-,12+/m1/s1. The molecule has 5 nitrogen and oxygen atoms in total. The molecule has 1 amide bonds. The minimum atomic E-state index is -3.06. The number of hydrogen-bond donors (Lipinski definition) is 0. The number of carbonyl (C=O) groups is 1. The molecule has 0 radical (unpaired) electrons. The smallest absolute Gasteiger partial charge is 0.262 e. The number of halogens is 1. The van der Waals surface area contributed by atoms with Crippen molar-refractivity contribution in [2.45, 2.75) is 25.1 Å². The van der Waals surface area contributed by atoms with E-state index in [0.29, 0.717) is 5.17 Å². The minimum absolute atomic E-state index is 0.0898. The number of thioether (sulfide) groups is 1. The molecular weight excluding hydrogens is 356 g/mol. The number of alkyl halides is 1. The zero-order chi connectivity index (χ0) is 16.8. The monoisotopic (exact) mass is 372 g/mol. The van der Waals surface area contributed by atoms with Crippen LogP contribution in [0.15, 0.2) is 23.2 Å². The summed E-state index contributed by atoms with van der Waals surface area (Å²) in [5, 5.41) is 0.457. The van der Waals surface area contributed by atoms with Gasteiger partial charge in [-0.15, -0.1) is 11.6 Å². The average molecular weight is 373 g/mol. The summed E-state index contributed by atoms with van der Waals surface area (Å²) < 4.78 is 24.0. The Morgan fingerprint density at radius 3 is 2.61 bits per heavy atom. The largest absolute Gasteiger partial charge is 0.315 e. The number of rotatable bonds is 2. The van der Waals surface area contributed by atoms with Gasteiger partial charge in [0.2, 0.25) is 0 Å². The summed E-state index contributed by atoms with van der Waals surface area (Å²) in [6, 6.07) is 5.72. The van der Waals surface area contributed by atoms with Crippen molar-refractivity contribution in [1.82, 2.24) is 0 Å². The number of anilines is 1. The van der Waals surface area contributed by atoms with E-state index in [1.54, 1.807) is 0 Å². The van der Waals surface area contributed by atoms with Gasteiger partial charge in [0, 0.05) is 10.9 Å². The van der Waals surface area contributed by atoms with Gasteiger partial charge in [0.1, 0.15) is 5.88 Å². The molecule has 2 heterocycles. The molecule has 8 heteroatoms. The lowest BCUT2D eigenvalue weighted by Crippen LogP contribution is -2.38. The Morgan fingerprint density at radius 2 is 2.00 bits per heavy atom. The molecule has 2 fully saturated rings. The van der Waals surface area contributed by atoms with E-state index >= 15 is 0 Å². The van der Waals surface area contributed by atoms with E-state index in [4.69, 9.17) is 11.6 Å². The summed E-state index contributed by atoms with van der Waals surface area (Å²) in [5.74, 6) is -0.379. The van der Waals surface area contributed by atoms with Crippen molar-refractivity contribution in [2.75, 3.05) is 22.3 Å². The van der Waals surface area contributed by atoms with E-state index < -0.39 is 15.7 Å². The highest BCUT2D eigenvalue weighted by Crippen LogP contribution is 2.42. The number of carbonyl (C=O) groups excluding carboxylic acids is 1. The first-order valence-corrected chi connectivity index (χ1v) is 10.5. The highest BCUT2D eigenvalue weighted by atomic mass is 35.5. The first kappa shape index (κ1) is 16.8. The first-order chi connectivity index (χ1) is 10.8. The number of amidine groups is 1. The lowest BCUT2D eigenvalue weighted by Gasteiger charge is -2.27. The van der Waals surface area contributed by atoms with Crippen molar-refractivity contribution in [3.05, 3.63) is 29.3 Å². The second-order valence-corrected chi connectivity index (χ2v) is 9.46. The molecule has 2 aliphatic heterocycles. The predicted molar refractivity (Wildman–Crippen MR) is 95.4 cm³/mol. The van der Waals surface area contributed by atoms with Crippen molar-refractivity contribution >= 4 is 50.0 Å². The number of benzene rings is 1. The van der Waals surface area contributed by atoms with Gasteiger partial charge in [0.15, 0.2) is 15.0 Å². The van der Waals surface area contributed by atoms with E-state index in [-0.39, 0.29) is 28.7 Å². The van der Waals surface area contributed by atoms with E-state index in [1.807, 2.05) is 36.9 Å². The number of aliphatic imine (C=N–C) groups is 1. The third-order valence-corrected chi connectivity index (χ3v) is 7.52. The van der Waals surface area contributed by atoms with Crippen molar-refractivity contribution < 1.29 is 13.2 Å². The maximum absolute atomic E-state index is 12.0. The Hall–Kier alpha value is -1.05. The number of amides is 1. The summed E-state index contributed by atoms with van der Waals surface area (Å²) >= 11 is 6.94. The maximum Gasteiger partial charge on any atom is 0.262 e. The van der Waals surface area contributed by atoms with Crippen molar-refractivity contribution in [3.8, 4) is 0 Å². The summed E-state index contributed by atoms with van der Waals surface area (Å²) in [6.45, 7) is 3.95. The van der Waals surface area contributed by atoms with Crippen LogP contribution in [0.5, 0.6) is 0 Å². The van der Waals surface area contributed by atoms with Gasteiger partial charge in [-0.25, -0.2) is 8.42 Å². The van der Waals surface area contributed by atoms with Crippen LogP contribution in [-0.2, 0) is 14.6 Å². The molecule has 3 rings (SSSR count). The van der Waals surface area contributed by atoms with Gasteiger partial charge in [-0.05, 0) is 25.0 Å². The molecule has 2 aliphatic rings. The normalized spacial score (nSPS) is 27.4. The fourth-order valence-electron chi connectivity index (χ4n) is 3.15. The molecule has 1 aromatic rings. The van der Waals surface area contributed by atoms with Crippen LogP contribution in [0.3, 0.4) is 0 Å². The van der Waals surface area contributed by atoms with Crippen LogP contribution in [-0.4, -0.2) is 48.2 Å². The number of aryl methyl sites for hydroxylation is 2. The molecule has 0 saturated carbocycles. The van der Waals surface area contributed by atoms with Gasteiger partial charge in [0.25, 0.3) is 5.91 Å². The minimum Gasteiger partial charge on any atom is -0.315 e. The topological polar surface area (TPSA) is 66.8 Å². The highest BCUT2D eigenvalue weighted by molar-refractivity contribution is 8.16. The van der Waals surface area contributed by atoms with Gasteiger partial charge in [-0.3, -0.25) is 4.79 Å². The predicted octanol–water partition coefficient (Wildman–Crippen LogP) is 2.14. The third kappa shape index (κ3) is 3.14. The van der Waals surface area contributed by atoms with Gasteiger partial charge in [0.05, 0.1) is 17.5 Å².